The molecule has 152 valence electrons. The van der Waals surface area contributed by atoms with Gasteiger partial charge in [-0.3, -0.25) is 14.5 Å². The second-order valence-electron chi connectivity index (χ2n) is 7.98. The minimum atomic E-state index is -0.371. The molecule has 3 heterocycles. The number of benzene rings is 1. The maximum atomic E-state index is 12.9. The molecule has 0 unspecified atom stereocenters. The molecule has 0 bridgehead atoms. The van der Waals surface area contributed by atoms with Crippen LogP contribution in [0.25, 0.3) is 11.1 Å². The number of amides is 1. The topological polar surface area (TPSA) is 80.4 Å². The lowest BCUT2D eigenvalue weighted by Gasteiger charge is -2.30. The van der Waals surface area contributed by atoms with Crippen LogP contribution in [0.5, 0.6) is 0 Å². The zero-order chi connectivity index (χ0) is 20.5. The summed E-state index contributed by atoms with van der Waals surface area (Å²) in [5, 5.41) is 3.08. The molecule has 7 heteroatoms. The van der Waals surface area contributed by atoms with Crippen LogP contribution >= 0.6 is 0 Å². The number of hydrogen-bond donors (Lipinski definition) is 1. The first-order chi connectivity index (χ1) is 13.9. The highest BCUT2D eigenvalue weighted by Crippen LogP contribution is 2.23. The lowest BCUT2D eigenvalue weighted by molar-refractivity contribution is 0.102. The van der Waals surface area contributed by atoms with Crippen LogP contribution in [0, 0.1) is 12.8 Å². The average molecular weight is 394 g/mol. The molecule has 3 aromatic rings. The molecule has 1 N–H and O–H groups in total. The van der Waals surface area contributed by atoms with Crippen molar-refractivity contribution in [3.63, 3.8) is 0 Å². The van der Waals surface area contributed by atoms with E-state index in [0.29, 0.717) is 11.4 Å². The Hall–Kier alpha value is -2.93. The molecule has 1 saturated heterocycles. The van der Waals surface area contributed by atoms with Crippen molar-refractivity contribution in [3.8, 4) is 0 Å². The van der Waals surface area contributed by atoms with Gasteiger partial charge in [-0.05, 0) is 56.5 Å². The summed E-state index contributed by atoms with van der Waals surface area (Å²) in [7, 11) is 1.60. The number of hydrogen-bond acceptors (Lipinski definition) is 5. The van der Waals surface area contributed by atoms with E-state index in [1.165, 1.54) is 29.3 Å². The van der Waals surface area contributed by atoms with E-state index in [2.05, 4.69) is 22.1 Å². The summed E-state index contributed by atoms with van der Waals surface area (Å²) < 4.78 is 6.85. The number of nitrogens with one attached hydrogen (secondary N) is 1. The molecule has 0 atom stereocenters. The van der Waals surface area contributed by atoms with E-state index in [9.17, 15) is 9.59 Å². The van der Waals surface area contributed by atoms with Crippen molar-refractivity contribution in [2.24, 2.45) is 13.0 Å². The molecule has 1 aliphatic rings. The van der Waals surface area contributed by atoms with Gasteiger partial charge in [0.15, 0.2) is 0 Å². The van der Waals surface area contributed by atoms with Gasteiger partial charge in [-0.2, -0.15) is 0 Å². The summed E-state index contributed by atoms with van der Waals surface area (Å²) in [6.07, 6.45) is 3.89. The maximum absolute atomic E-state index is 12.9. The third-order valence-corrected chi connectivity index (χ3v) is 5.67. The molecule has 1 aromatic carbocycles. The Balaban J connectivity index is 1.49. The number of furan rings is 1. The molecule has 7 nitrogen and oxygen atoms in total. The van der Waals surface area contributed by atoms with Crippen LogP contribution in [-0.2, 0) is 13.6 Å². The van der Waals surface area contributed by atoms with E-state index in [0.717, 1.165) is 25.6 Å². The molecular weight excluding hydrogens is 368 g/mol. The van der Waals surface area contributed by atoms with E-state index in [4.69, 9.17) is 4.42 Å². The molecular formula is C22H26N4O3. The third-order valence-electron chi connectivity index (χ3n) is 5.67. The molecule has 1 fully saturated rings. The van der Waals surface area contributed by atoms with Crippen LogP contribution in [-0.4, -0.2) is 33.4 Å². The van der Waals surface area contributed by atoms with Crippen molar-refractivity contribution in [1.82, 2.24) is 14.5 Å². The highest BCUT2D eigenvalue weighted by atomic mass is 16.3. The molecule has 1 amide bonds. The number of likely N-dealkylation sites (tertiary alicyclic amines) is 1. The Bertz CT molecular complexity index is 1090. The summed E-state index contributed by atoms with van der Waals surface area (Å²) in [6.45, 7) is 7.17. The second-order valence-corrected chi connectivity index (χ2v) is 7.98. The zero-order valence-corrected chi connectivity index (χ0v) is 17.1. The highest BCUT2D eigenvalue weighted by molar-refractivity contribution is 6.12. The van der Waals surface area contributed by atoms with E-state index in [1.54, 1.807) is 14.0 Å². The number of piperidine rings is 1. The Morgan fingerprint density at radius 1 is 1.24 bits per heavy atom. The van der Waals surface area contributed by atoms with Gasteiger partial charge < -0.3 is 14.3 Å². The first kappa shape index (κ1) is 19.4. The summed E-state index contributed by atoms with van der Waals surface area (Å²) in [6, 6.07) is 7.87. The van der Waals surface area contributed by atoms with Crippen LogP contribution < -0.4 is 10.9 Å². The number of aryl methyl sites for hydroxylation is 2. The Morgan fingerprint density at radius 3 is 2.62 bits per heavy atom. The summed E-state index contributed by atoms with van der Waals surface area (Å²) in [5.74, 6) is 0.826. The molecule has 0 saturated carbocycles. The molecule has 29 heavy (non-hydrogen) atoms. The Kier molecular flexibility index (Phi) is 5.24. The van der Waals surface area contributed by atoms with Gasteiger partial charge in [-0.15, -0.1) is 0 Å². The fourth-order valence-corrected chi connectivity index (χ4v) is 3.83. The quantitative estimate of drug-likeness (QED) is 0.734. The monoisotopic (exact) mass is 394 g/mol. The standard InChI is InChI=1S/C22H26N4O3/c1-14-8-10-26(11-9-14)12-16-4-6-17(7-5-16)24-20(27)18-15(2)29-21-19(18)22(28)25(3)13-23-21/h4-7,13-14H,8-12H2,1-3H3,(H,24,27). The number of carbonyl (C=O) groups is 1. The van der Waals surface area contributed by atoms with Crippen molar-refractivity contribution in [1.29, 1.82) is 0 Å². The van der Waals surface area contributed by atoms with Gasteiger partial charge in [0.1, 0.15) is 17.5 Å². The summed E-state index contributed by atoms with van der Waals surface area (Å²) in [4.78, 5) is 31.9. The van der Waals surface area contributed by atoms with Gasteiger partial charge >= 0.3 is 0 Å². The SMILES string of the molecule is Cc1oc2ncn(C)c(=O)c2c1C(=O)Nc1ccc(CN2CCC(C)CC2)cc1. The predicted octanol–water partition coefficient (Wildman–Crippen LogP) is 3.32. The second kappa shape index (κ2) is 7.83. The number of rotatable bonds is 4. The van der Waals surface area contributed by atoms with Crippen molar-refractivity contribution >= 4 is 22.7 Å². The van der Waals surface area contributed by atoms with E-state index in [-0.39, 0.29) is 28.1 Å². The number of nitrogens with zero attached hydrogens (tertiary/aromatic N) is 3. The minimum Gasteiger partial charge on any atom is -0.442 e. The van der Waals surface area contributed by atoms with Crippen molar-refractivity contribution in [2.45, 2.75) is 33.2 Å². The van der Waals surface area contributed by atoms with Gasteiger partial charge in [0.05, 0.1) is 5.56 Å². The van der Waals surface area contributed by atoms with Crippen LogP contribution in [0.4, 0.5) is 5.69 Å². The first-order valence-electron chi connectivity index (χ1n) is 9.99. The summed E-state index contributed by atoms with van der Waals surface area (Å²) >= 11 is 0. The van der Waals surface area contributed by atoms with Crippen LogP contribution in [0.1, 0.15) is 41.4 Å². The van der Waals surface area contributed by atoms with Crippen LogP contribution in [0.2, 0.25) is 0 Å². The molecule has 2 aromatic heterocycles. The average Bonchev–Trinajstić information content (AvgIpc) is 3.05. The van der Waals surface area contributed by atoms with Crippen molar-refractivity contribution in [2.75, 3.05) is 18.4 Å². The van der Waals surface area contributed by atoms with Gasteiger partial charge in [0.2, 0.25) is 5.71 Å². The molecule has 0 spiro atoms. The van der Waals surface area contributed by atoms with E-state index < -0.39 is 0 Å². The number of carbonyl (C=O) groups excluding carboxylic acids is 1. The van der Waals surface area contributed by atoms with E-state index in [1.807, 2.05) is 24.3 Å². The minimum absolute atomic E-state index is 0.182. The molecule has 1 aliphatic heterocycles. The molecule has 0 radical (unpaired) electrons. The number of anilines is 1. The maximum Gasteiger partial charge on any atom is 0.265 e. The lowest BCUT2D eigenvalue weighted by atomic mass is 9.99. The van der Waals surface area contributed by atoms with Crippen LogP contribution in [0.15, 0.2) is 39.8 Å². The van der Waals surface area contributed by atoms with Crippen LogP contribution in [0.3, 0.4) is 0 Å². The Labute approximate surface area is 169 Å². The van der Waals surface area contributed by atoms with E-state index >= 15 is 0 Å². The largest absolute Gasteiger partial charge is 0.442 e. The predicted molar refractivity (Wildman–Crippen MR) is 112 cm³/mol. The molecule has 0 aliphatic carbocycles. The fraction of sp³-hybridized carbons (Fsp3) is 0.409. The van der Waals surface area contributed by atoms with Gasteiger partial charge in [-0.1, -0.05) is 19.1 Å². The number of aromatic nitrogens is 2. The van der Waals surface area contributed by atoms with Gasteiger partial charge in [0, 0.05) is 19.3 Å². The van der Waals surface area contributed by atoms with Crippen molar-refractivity contribution < 1.29 is 9.21 Å². The zero-order valence-electron chi connectivity index (χ0n) is 17.1. The Morgan fingerprint density at radius 2 is 1.93 bits per heavy atom. The normalized spacial score (nSPS) is 15.7. The molecule has 4 rings (SSSR count). The fourth-order valence-electron chi connectivity index (χ4n) is 3.83. The van der Waals surface area contributed by atoms with Crippen molar-refractivity contribution in [3.05, 3.63) is 57.8 Å². The number of fused-ring (bicyclic) bond motifs is 1. The van der Waals surface area contributed by atoms with Gasteiger partial charge in [0.25, 0.3) is 11.5 Å². The lowest BCUT2D eigenvalue weighted by Crippen LogP contribution is -2.32. The smallest absolute Gasteiger partial charge is 0.265 e. The third kappa shape index (κ3) is 3.96. The summed E-state index contributed by atoms with van der Waals surface area (Å²) in [5.41, 5.74) is 2.02. The van der Waals surface area contributed by atoms with Gasteiger partial charge in [-0.25, -0.2) is 4.98 Å². The first-order valence-corrected chi connectivity index (χ1v) is 9.99. The highest BCUT2D eigenvalue weighted by Gasteiger charge is 2.22.